The molecule has 12 heavy (non-hydrogen) atoms. The number of hydrogen-bond acceptors (Lipinski definition) is 1. The molecule has 2 heteroatoms. The van der Waals surface area contributed by atoms with E-state index in [0.717, 1.165) is 17.8 Å². The first-order valence-corrected chi connectivity index (χ1v) is 6.20. The van der Waals surface area contributed by atoms with Crippen LogP contribution in [-0.4, -0.2) is 9.46 Å². The Balaban J connectivity index is 1.97. The molecule has 0 amide bonds. The fourth-order valence-corrected chi connectivity index (χ4v) is 5.73. The Hall–Kier alpha value is 0.690. The quantitative estimate of drug-likeness (QED) is 0.533. The summed E-state index contributed by atoms with van der Waals surface area (Å²) >= 11 is 2.67. The molecular formula is C10H16IN. The van der Waals surface area contributed by atoms with E-state index in [2.05, 4.69) is 22.6 Å². The topological polar surface area (TPSA) is 26.0 Å². The third-order valence-electron chi connectivity index (χ3n) is 4.30. The van der Waals surface area contributed by atoms with Crippen LogP contribution in [0.4, 0.5) is 0 Å². The van der Waals surface area contributed by atoms with Crippen LogP contribution >= 0.6 is 22.6 Å². The van der Waals surface area contributed by atoms with Crippen LogP contribution in [0.15, 0.2) is 0 Å². The number of nitrogens with two attached hydrogens (primary N) is 1. The lowest BCUT2D eigenvalue weighted by molar-refractivity contribution is 0.0267. The fourth-order valence-electron chi connectivity index (χ4n) is 3.98. The van der Waals surface area contributed by atoms with Gasteiger partial charge in [0, 0.05) is 9.46 Å². The van der Waals surface area contributed by atoms with Gasteiger partial charge in [-0.15, -0.1) is 0 Å². The molecule has 0 saturated heterocycles. The molecule has 0 heterocycles. The fraction of sp³-hybridized carbons (Fsp3) is 1.00. The van der Waals surface area contributed by atoms with Crippen molar-refractivity contribution in [3.05, 3.63) is 0 Å². The highest BCUT2D eigenvalue weighted by Gasteiger charge is 2.54. The monoisotopic (exact) mass is 277 g/mol. The molecule has 0 aromatic rings. The number of rotatable bonds is 0. The molecule has 5 atom stereocenters. The molecule has 0 radical (unpaired) electrons. The van der Waals surface area contributed by atoms with Crippen molar-refractivity contribution in [2.75, 3.05) is 0 Å². The van der Waals surface area contributed by atoms with Crippen molar-refractivity contribution in [1.29, 1.82) is 0 Å². The Bertz CT molecular complexity index is 202. The Morgan fingerprint density at radius 2 is 1.67 bits per heavy atom. The molecule has 4 fully saturated rings. The van der Waals surface area contributed by atoms with Crippen molar-refractivity contribution in [3.8, 4) is 0 Å². The largest absolute Gasteiger partial charge is 0.326 e. The summed E-state index contributed by atoms with van der Waals surface area (Å²) in [5.74, 6) is 2.96. The SMILES string of the molecule is NC1C2C[C@@H]3C[C@H](C2)CC1(I)C3. The smallest absolute Gasteiger partial charge is 0.0381 e. The van der Waals surface area contributed by atoms with Gasteiger partial charge >= 0.3 is 0 Å². The van der Waals surface area contributed by atoms with Crippen molar-refractivity contribution >= 4 is 22.6 Å². The summed E-state index contributed by atoms with van der Waals surface area (Å²) < 4.78 is 0.506. The molecule has 4 rings (SSSR count). The highest BCUT2D eigenvalue weighted by atomic mass is 127. The summed E-state index contributed by atoms with van der Waals surface area (Å²) in [4.78, 5) is 0. The van der Waals surface area contributed by atoms with Gasteiger partial charge in [-0.1, -0.05) is 22.6 Å². The molecule has 4 aliphatic carbocycles. The van der Waals surface area contributed by atoms with Crippen molar-refractivity contribution in [2.45, 2.75) is 41.6 Å². The Morgan fingerprint density at radius 3 is 2.17 bits per heavy atom. The van der Waals surface area contributed by atoms with E-state index in [1.165, 1.54) is 32.1 Å². The predicted molar refractivity (Wildman–Crippen MR) is 58.3 cm³/mol. The minimum atomic E-state index is 0.506. The molecular weight excluding hydrogens is 261 g/mol. The maximum absolute atomic E-state index is 6.29. The van der Waals surface area contributed by atoms with Gasteiger partial charge in [-0.05, 0) is 49.9 Å². The molecule has 0 aromatic carbocycles. The first kappa shape index (κ1) is 8.04. The lowest BCUT2D eigenvalue weighted by Gasteiger charge is -2.57. The van der Waals surface area contributed by atoms with Crippen molar-refractivity contribution in [1.82, 2.24) is 0 Å². The van der Waals surface area contributed by atoms with Crippen molar-refractivity contribution in [3.63, 3.8) is 0 Å². The van der Waals surface area contributed by atoms with Crippen LogP contribution in [-0.2, 0) is 0 Å². The van der Waals surface area contributed by atoms with Crippen LogP contribution in [0.25, 0.3) is 0 Å². The third kappa shape index (κ3) is 0.939. The Labute approximate surface area is 87.6 Å². The van der Waals surface area contributed by atoms with E-state index in [9.17, 15) is 0 Å². The molecule has 2 N–H and O–H groups in total. The molecule has 4 bridgehead atoms. The van der Waals surface area contributed by atoms with E-state index >= 15 is 0 Å². The van der Waals surface area contributed by atoms with Gasteiger partial charge < -0.3 is 5.73 Å². The van der Waals surface area contributed by atoms with Crippen LogP contribution in [0.3, 0.4) is 0 Å². The summed E-state index contributed by atoms with van der Waals surface area (Å²) in [5, 5.41) is 0. The average Bonchev–Trinajstić information content (AvgIpc) is 1.98. The van der Waals surface area contributed by atoms with Gasteiger partial charge in [0.25, 0.3) is 0 Å². The number of alkyl halides is 1. The summed E-state index contributed by atoms with van der Waals surface area (Å²) in [6, 6.07) is 0.519. The standard InChI is InChI=1S/C10H16IN/c11-10-4-6-1-7(5-10)3-8(2-6)9(10)12/h6-9H,1-5,12H2/t6-,7+,8?,9?,10?. The van der Waals surface area contributed by atoms with Crippen LogP contribution < -0.4 is 5.73 Å². The summed E-state index contributed by atoms with van der Waals surface area (Å²) in [7, 11) is 0. The minimum absolute atomic E-state index is 0.506. The highest BCUT2D eigenvalue weighted by Crippen LogP contribution is 2.58. The van der Waals surface area contributed by atoms with Gasteiger partial charge in [-0.3, -0.25) is 0 Å². The van der Waals surface area contributed by atoms with Crippen molar-refractivity contribution < 1.29 is 0 Å². The van der Waals surface area contributed by atoms with Crippen LogP contribution in [0.5, 0.6) is 0 Å². The van der Waals surface area contributed by atoms with E-state index in [0.29, 0.717) is 9.46 Å². The number of hydrogen-bond donors (Lipinski definition) is 1. The summed E-state index contributed by atoms with van der Waals surface area (Å²) in [6.07, 6.45) is 7.25. The van der Waals surface area contributed by atoms with E-state index in [4.69, 9.17) is 5.73 Å². The average molecular weight is 277 g/mol. The lowest BCUT2D eigenvalue weighted by Crippen LogP contribution is -2.60. The first-order chi connectivity index (χ1) is 5.67. The van der Waals surface area contributed by atoms with Gasteiger partial charge in [0.05, 0.1) is 0 Å². The molecule has 4 aliphatic rings. The molecule has 1 nitrogen and oxygen atoms in total. The zero-order valence-corrected chi connectivity index (χ0v) is 9.46. The molecule has 3 unspecified atom stereocenters. The maximum Gasteiger partial charge on any atom is 0.0381 e. The second-order valence-corrected chi connectivity index (χ2v) is 7.32. The molecule has 4 saturated carbocycles. The van der Waals surface area contributed by atoms with Crippen molar-refractivity contribution in [2.24, 2.45) is 23.5 Å². The maximum atomic E-state index is 6.29. The lowest BCUT2D eigenvalue weighted by atomic mass is 9.54. The number of halogens is 1. The van der Waals surface area contributed by atoms with E-state index in [1.54, 1.807) is 0 Å². The van der Waals surface area contributed by atoms with Crippen LogP contribution in [0.2, 0.25) is 0 Å². The van der Waals surface area contributed by atoms with E-state index in [-0.39, 0.29) is 0 Å². The Kier molecular flexibility index (Phi) is 1.59. The van der Waals surface area contributed by atoms with E-state index < -0.39 is 0 Å². The Morgan fingerprint density at radius 1 is 1.08 bits per heavy atom. The van der Waals surface area contributed by atoms with Gasteiger partial charge in [-0.25, -0.2) is 0 Å². The minimum Gasteiger partial charge on any atom is -0.326 e. The zero-order valence-electron chi connectivity index (χ0n) is 7.30. The summed E-state index contributed by atoms with van der Waals surface area (Å²) in [6.45, 7) is 0. The zero-order chi connectivity index (χ0) is 8.34. The molecule has 0 aliphatic heterocycles. The van der Waals surface area contributed by atoms with Gasteiger partial charge in [-0.2, -0.15) is 0 Å². The van der Waals surface area contributed by atoms with E-state index in [1.807, 2.05) is 0 Å². The van der Waals surface area contributed by atoms with Crippen LogP contribution in [0.1, 0.15) is 32.1 Å². The normalized spacial score (nSPS) is 62.5. The highest BCUT2D eigenvalue weighted by molar-refractivity contribution is 14.1. The molecule has 0 aromatic heterocycles. The summed E-state index contributed by atoms with van der Waals surface area (Å²) in [5.41, 5.74) is 6.29. The third-order valence-corrected chi connectivity index (χ3v) is 5.90. The predicted octanol–water partition coefficient (Wildman–Crippen LogP) is 2.33. The second-order valence-electron chi connectivity index (χ2n) is 5.17. The first-order valence-electron chi connectivity index (χ1n) is 5.12. The van der Waals surface area contributed by atoms with Gasteiger partial charge in [0.1, 0.15) is 0 Å². The molecule has 0 spiro atoms. The van der Waals surface area contributed by atoms with Gasteiger partial charge in [0.2, 0.25) is 0 Å². The van der Waals surface area contributed by atoms with Gasteiger partial charge in [0.15, 0.2) is 0 Å². The second kappa shape index (κ2) is 2.38. The van der Waals surface area contributed by atoms with Crippen LogP contribution in [0, 0.1) is 17.8 Å². The molecule has 68 valence electrons.